The second-order valence-electron chi connectivity index (χ2n) is 6.49. The molecule has 0 aromatic carbocycles. The minimum atomic E-state index is 0.116. The average molecular weight is 304 g/mol. The lowest BCUT2D eigenvalue weighted by molar-refractivity contribution is 0.220. The molecule has 0 saturated carbocycles. The van der Waals surface area contributed by atoms with E-state index in [0.717, 1.165) is 44.2 Å². The lowest BCUT2D eigenvalue weighted by Gasteiger charge is -2.28. The molecule has 0 bridgehead atoms. The molecule has 1 aromatic heterocycles. The van der Waals surface area contributed by atoms with Gasteiger partial charge in [-0.25, -0.2) is 4.98 Å². The largest absolute Gasteiger partial charge is 0.342 e. The van der Waals surface area contributed by atoms with Crippen molar-refractivity contribution >= 4 is 5.95 Å². The van der Waals surface area contributed by atoms with Crippen molar-refractivity contribution in [2.24, 2.45) is 0 Å². The van der Waals surface area contributed by atoms with Gasteiger partial charge < -0.3 is 9.80 Å². The van der Waals surface area contributed by atoms with E-state index >= 15 is 0 Å². The Balaban J connectivity index is 1.79. The van der Waals surface area contributed by atoms with Gasteiger partial charge in [-0.3, -0.25) is 9.36 Å². The topological polar surface area (TPSA) is 41.4 Å². The number of hydrogen-bond acceptors (Lipinski definition) is 4. The molecule has 0 radical (unpaired) electrons. The van der Waals surface area contributed by atoms with Gasteiger partial charge in [0.15, 0.2) is 0 Å². The minimum Gasteiger partial charge on any atom is -0.342 e. The molecule has 0 aliphatic carbocycles. The van der Waals surface area contributed by atoms with Crippen LogP contribution in [-0.4, -0.2) is 47.2 Å². The van der Waals surface area contributed by atoms with Crippen LogP contribution in [0.25, 0.3) is 0 Å². The molecule has 2 aliphatic rings. The Kier molecular flexibility index (Phi) is 5.13. The first-order valence-corrected chi connectivity index (χ1v) is 8.86. The van der Waals surface area contributed by atoms with E-state index in [-0.39, 0.29) is 5.56 Å². The van der Waals surface area contributed by atoms with E-state index in [1.54, 1.807) is 6.07 Å². The standard InChI is InChI=1S/C17H28N4O/c1-2-15-14-16(22)21(13-12-19-8-4-3-5-9-19)17(18-15)20-10-6-7-11-20/h14H,2-13H2,1H3. The summed E-state index contributed by atoms with van der Waals surface area (Å²) < 4.78 is 1.90. The first-order valence-electron chi connectivity index (χ1n) is 8.86. The number of likely N-dealkylation sites (tertiary alicyclic amines) is 1. The van der Waals surface area contributed by atoms with Crippen molar-refractivity contribution in [1.29, 1.82) is 0 Å². The van der Waals surface area contributed by atoms with Crippen LogP contribution in [0, 0.1) is 0 Å². The van der Waals surface area contributed by atoms with Crippen molar-refractivity contribution in [1.82, 2.24) is 14.5 Å². The van der Waals surface area contributed by atoms with Gasteiger partial charge >= 0.3 is 0 Å². The van der Waals surface area contributed by atoms with E-state index in [0.29, 0.717) is 0 Å². The predicted octanol–water partition coefficient (Wildman–Crippen LogP) is 1.89. The van der Waals surface area contributed by atoms with Gasteiger partial charge in [-0.15, -0.1) is 0 Å². The van der Waals surface area contributed by atoms with Gasteiger partial charge in [-0.1, -0.05) is 13.3 Å². The van der Waals surface area contributed by atoms with Gasteiger partial charge in [0, 0.05) is 37.9 Å². The Morgan fingerprint density at radius 3 is 2.36 bits per heavy atom. The second kappa shape index (κ2) is 7.27. The molecule has 0 spiro atoms. The third-order valence-electron chi connectivity index (χ3n) is 4.88. The van der Waals surface area contributed by atoms with Crippen LogP contribution < -0.4 is 10.5 Å². The van der Waals surface area contributed by atoms with E-state index in [2.05, 4.69) is 16.7 Å². The van der Waals surface area contributed by atoms with Gasteiger partial charge in [0.25, 0.3) is 5.56 Å². The molecule has 2 saturated heterocycles. The summed E-state index contributed by atoms with van der Waals surface area (Å²) in [6.45, 7) is 8.21. The summed E-state index contributed by atoms with van der Waals surface area (Å²) in [5.74, 6) is 0.902. The highest BCUT2D eigenvalue weighted by atomic mass is 16.1. The summed E-state index contributed by atoms with van der Waals surface area (Å²) in [5.41, 5.74) is 1.03. The molecule has 0 amide bonds. The maximum absolute atomic E-state index is 12.5. The van der Waals surface area contributed by atoms with Crippen LogP contribution in [0.5, 0.6) is 0 Å². The number of rotatable bonds is 5. The van der Waals surface area contributed by atoms with Crippen LogP contribution in [0.1, 0.15) is 44.7 Å². The fourth-order valence-corrected chi connectivity index (χ4v) is 3.51. The fourth-order valence-electron chi connectivity index (χ4n) is 3.51. The van der Waals surface area contributed by atoms with E-state index in [1.807, 2.05) is 4.57 Å². The van der Waals surface area contributed by atoms with Crippen LogP contribution in [-0.2, 0) is 13.0 Å². The van der Waals surface area contributed by atoms with Crippen LogP contribution in [0.3, 0.4) is 0 Å². The summed E-state index contributed by atoms with van der Waals surface area (Å²) in [7, 11) is 0. The Hall–Kier alpha value is -1.36. The Bertz CT molecular complexity index is 542. The summed E-state index contributed by atoms with van der Waals surface area (Å²) in [6, 6.07) is 1.72. The molecule has 5 heteroatoms. The normalized spacial score (nSPS) is 19.8. The minimum absolute atomic E-state index is 0.116. The molecule has 1 aromatic rings. The smallest absolute Gasteiger partial charge is 0.255 e. The first-order chi connectivity index (χ1) is 10.8. The molecular weight excluding hydrogens is 276 g/mol. The van der Waals surface area contributed by atoms with Crippen LogP contribution in [0.4, 0.5) is 5.95 Å². The van der Waals surface area contributed by atoms with Gasteiger partial charge in [0.1, 0.15) is 0 Å². The zero-order valence-electron chi connectivity index (χ0n) is 13.8. The molecule has 3 rings (SSSR count). The highest BCUT2D eigenvalue weighted by Gasteiger charge is 2.19. The van der Waals surface area contributed by atoms with Crippen LogP contribution in [0.15, 0.2) is 10.9 Å². The summed E-state index contributed by atoms with van der Waals surface area (Å²) in [6.07, 6.45) is 7.17. The van der Waals surface area contributed by atoms with E-state index in [4.69, 9.17) is 4.98 Å². The molecule has 2 aliphatic heterocycles. The molecular formula is C17H28N4O. The van der Waals surface area contributed by atoms with Gasteiger partial charge in [0.2, 0.25) is 5.95 Å². The lowest BCUT2D eigenvalue weighted by Crippen LogP contribution is -2.37. The van der Waals surface area contributed by atoms with Crippen molar-refractivity contribution in [2.75, 3.05) is 37.6 Å². The monoisotopic (exact) mass is 304 g/mol. The molecule has 0 N–H and O–H groups in total. The Morgan fingerprint density at radius 2 is 1.68 bits per heavy atom. The number of piperidine rings is 1. The third kappa shape index (κ3) is 3.51. The van der Waals surface area contributed by atoms with E-state index in [1.165, 1.54) is 45.2 Å². The van der Waals surface area contributed by atoms with Crippen molar-refractivity contribution < 1.29 is 0 Å². The highest BCUT2D eigenvalue weighted by molar-refractivity contribution is 5.33. The van der Waals surface area contributed by atoms with E-state index in [9.17, 15) is 4.79 Å². The third-order valence-corrected chi connectivity index (χ3v) is 4.88. The van der Waals surface area contributed by atoms with Crippen molar-refractivity contribution in [2.45, 2.75) is 52.0 Å². The summed E-state index contributed by atoms with van der Waals surface area (Å²) >= 11 is 0. The average Bonchev–Trinajstić information content (AvgIpc) is 3.08. The molecule has 22 heavy (non-hydrogen) atoms. The van der Waals surface area contributed by atoms with E-state index < -0.39 is 0 Å². The Morgan fingerprint density at radius 1 is 1.00 bits per heavy atom. The molecule has 122 valence electrons. The quantitative estimate of drug-likeness (QED) is 0.833. The zero-order chi connectivity index (χ0) is 15.4. The molecule has 3 heterocycles. The number of hydrogen-bond donors (Lipinski definition) is 0. The van der Waals surface area contributed by atoms with Crippen molar-refractivity contribution in [3.63, 3.8) is 0 Å². The lowest BCUT2D eigenvalue weighted by atomic mass is 10.1. The van der Waals surface area contributed by atoms with Crippen molar-refractivity contribution in [3.05, 3.63) is 22.1 Å². The molecule has 5 nitrogen and oxygen atoms in total. The fraction of sp³-hybridized carbons (Fsp3) is 0.765. The number of aryl methyl sites for hydroxylation is 1. The van der Waals surface area contributed by atoms with Gasteiger partial charge in [0.05, 0.1) is 0 Å². The van der Waals surface area contributed by atoms with Gasteiger partial charge in [-0.2, -0.15) is 0 Å². The number of aromatic nitrogens is 2. The predicted molar refractivity (Wildman–Crippen MR) is 89.6 cm³/mol. The molecule has 0 unspecified atom stereocenters. The van der Waals surface area contributed by atoms with Crippen LogP contribution >= 0.6 is 0 Å². The van der Waals surface area contributed by atoms with Crippen LogP contribution in [0.2, 0.25) is 0 Å². The second-order valence-corrected chi connectivity index (χ2v) is 6.49. The molecule has 2 fully saturated rings. The number of anilines is 1. The summed E-state index contributed by atoms with van der Waals surface area (Å²) in [5, 5.41) is 0. The highest BCUT2D eigenvalue weighted by Crippen LogP contribution is 2.17. The number of nitrogens with zero attached hydrogens (tertiary/aromatic N) is 4. The van der Waals surface area contributed by atoms with Crippen molar-refractivity contribution in [3.8, 4) is 0 Å². The zero-order valence-corrected chi connectivity index (χ0v) is 13.8. The molecule has 0 atom stereocenters. The first kappa shape index (κ1) is 15.5. The van der Waals surface area contributed by atoms with Gasteiger partial charge in [-0.05, 0) is 45.2 Å². The Labute approximate surface area is 132 Å². The summed E-state index contributed by atoms with van der Waals surface area (Å²) in [4.78, 5) is 22.1. The maximum Gasteiger partial charge on any atom is 0.255 e. The maximum atomic E-state index is 12.5. The SMILES string of the molecule is CCc1cc(=O)n(CCN2CCCCC2)c(N2CCCC2)n1.